The van der Waals surface area contributed by atoms with E-state index in [-0.39, 0.29) is 12.0 Å². The zero-order valence-corrected chi connectivity index (χ0v) is 17.7. The molecule has 2 aliphatic rings. The number of amides is 1. The second-order valence-electron chi connectivity index (χ2n) is 7.61. The zero-order chi connectivity index (χ0) is 19.7. The number of benzene rings is 2. The van der Waals surface area contributed by atoms with Crippen molar-refractivity contribution < 1.29 is 9.53 Å². The summed E-state index contributed by atoms with van der Waals surface area (Å²) >= 11 is 18.4. The molecule has 28 heavy (non-hydrogen) atoms. The normalized spacial score (nSPS) is 21.7. The molecule has 1 saturated heterocycles. The standard InChI is InChI=1S/C22H22Cl3NO2/c23-17-5-3-16(4-6-17)22(7-1-2-8-22)21(27)26-9-10-28-20(14-26)15-11-18(24)13-19(25)12-15/h3-6,11-13,20H,1-2,7-10,14H2. The second kappa shape index (κ2) is 8.23. The van der Waals surface area contributed by atoms with Gasteiger partial charge in [-0.1, -0.05) is 59.8 Å². The minimum Gasteiger partial charge on any atom is -0.370 e. The fourth-order valence-electron chi connectivity index (χ4n) is 4.47. The van der Waals surface area contributed by atoms with Crippen molar-refractivity contribution in [1.82, 2.24) is 4.90 Å². The number of halogens is 3. The molecule has 2 fully saturated rings. The van der Waals surface area contributed by atoms with E-state index in [0.29, 0.717) is 34.8 Å². The van der Waals surface area contributed by atoms with Crippen molar-refractivity contribution in [3.8, 4) is 0 Å². The van der Waals surface area contributed by atoms with Gasteiger partial charge in [-0.25, -0.2) is 0 Å². The third kappa shape index (κ3) is 3.91. The highest BCUT2D eigenvalue weighted by Gasteiger charge is 2.45. The molecular formula is C22H22Cl3NO2. The largest absolute Gasteiger partial charge is 0.370 e. The van der Waals surface area contributed by atoms with E-state index in [1.54, 1.807) is 6.07 Å². The number of morpholine rings is 1. The van der Waals surface area contributed by atoms with Crippen molar-refractivity contribution in [1.29, 1.82) is 0 Å². The van der Waals surface area contributed by atoms with Gasteiger partial charge in [-0.15, -0.1) is 0 Å². The van der Waals surface area contributed by atoms with E-state index in [2.05, 4.69) is 0 Å². The summed E-state index contributed by atoms with van der Waals surface area (Å²) < 4.78 is 5.94. The van der Waals surface area contributed by atoms with Crippen LogP contribution in [0, 0.1) is 0 Å². The molecule has 2 aromatic rings. The number of hydrogen-bond donors (Lipinski definition) is 0. The predicted molar refractivity (Wildman–Crippen MR) is 113 cm³/mol. The molecule has 3 nitrogen and oxygen atoms in total. The van der Waals surface area contributed by atoms with Crippen molar-refractivity contribution in [3.05, 3.63) is 68.7 Å². The molecule has 0 spiro atoms. The van der Waals surface area contributed by atoms with Gasteiger partial charge in [-0.05, 0) is 54.3 Å². The first-order valence-electron chi connectivity index (χ1n) is 9.61. The highest BCUT2D eigenvalue weighted by molar-refractivity contribution is 6.34. The Kier molecular flexibility index (Phi) is 5.89. The second-order valence-corrected chi connectivity index (χ2v) is 8.92. The molecule has 1 aliphatic heterocycles. The molecule has 2 aromatic carbocycles. The van der Waals surface area contributed by atoms with E-state index >= 15 is 0 Å². The summed E-state index contributed by atoms with van der Waals surface area (Å²) in [6.45, 7) is 1.60. The van der Waals surface area contributed by atoms with Gasteiger partial charge in [-0.2, -0.15) is 0 Å². The number of carbonyl (C=O) groups excluding carboxylic acids is 1. The number of rotatable bonds is 3. The third-order valence-electron chi connectivity index (χ3n) is 5.87. The number of carbonyl (C=O) groups is 1. The van der Waals surface area contributed by atoms with Gasteiger partial charge in [0.05, 0.1) is 18.6 Å². The lowest BCUT2D eigenvalue weighted by molar-refractivity contribution is -0.145. The topological polar surface area (TPSA) is 29.5 Å². The highest BCUT2D eigenvalue weighted by Crippen LogP contribution is 2.43. The molecule has 0 bridgehead atoms. The van der Waals surface area contributed by atoms with Gasteiger partial charge in [0, 0.05) is 21.6 Å². The lowest BCUT2D eigenvalue weighted by Crippen LogP contribution is -2.50. The van der Waals surface area contributed by atoms with Crippen molar-refractivity contribution in [3.63, 3.8) is 0 Å². The smallest absolute Gasteiger partial charge is 0.233 e. The van der Waals surface area contributed by atoms with Crippen LogP contribution < -0.4 is 0 Å². The van der Waals surface area contributed by atoms with E-state index < -0.39 is 5.41 Å². The van der Waals surface area contributed by atoms with Crippen LogP contribution in [0.3, 0.4) is 0 Å². The van der Waals surface area contributed by atoms with Gasteiger partial charge in [0.1, 0.15) is 6.10 Å². The van der Waals surface area contributed by atoms with Crippen molar-refractivity contribution in [2.24, 2.45) is 0 Å². The van der Waals surface area contributed by atoms with Crippen LogP contribution in [-0.2, 0) is 14.9 Å². The molecule has 1 amide bonds. The summed E-state index contributed by atoms with van der Waals surface area (Å²) in [7, 11) is 0. The van der Waals surface area contributed by atoms with Crippen LogP contribution in [0.5, 0.6) is 0 Å². The molecule has 148 valence electrons. The van der Waals surface area contributed by atoms with Gasteiger partial charge < -0.3 is 9.64 Å². The molecule has 1 atom stereocenters. The summed E-state index contributed by atoms with van der Waals surface area (Å²) in [5.74, 6) is 0.189. The molecule has 0 radical (unpaired) electrons. The van der Waals surface area contributed by atoms with Gasteiger partial charge >= 0.3 is 0 Å². The maximum Gasteiger partial charge on any atom is 0.233 e. The maximum absolute atomic E-state index is 13.7. The Morgan fingerprint density at radius 2 is 1.61 bits per heavy atom. The van der Waals surface area contributed by atoms with Crippen molar-refractivity contribution in [2.75, 3.05) is 19.7 Å². The summed E-state index contributed by atoms with van der Waals surface area (Å²) in [4.78, 5) is 15.7. The van der Waals surface area contributed by atoms with Crippen LogP contribution >= 0.6 is 34.8 Å². The van der Waals surface area contributed by atoms with Crippen LogP contribution in [0.2, 0.25) is 15.1 Å². The Morgan fingerprint density at radius 1 is 0.964 bits per heavy atom. The van der Waals surface area contributed by atoms with Crippen LogP contribution in [0.1, 0.15) is 42.9 Å². The molecule has 6 heteroatoms. The van der Waals surface area contributed by atoms with Gasteiger partial charge in [-0.3, -0.25) is 4.79 Å². The minimum atomic E-state index is -0.460. The van der Waals surface area contributed by atoms with E-state index in [1.807, 2.05) is 41.3 Å². The van der Waals surface area contributed by atoms with Crippen LogP contribution in [0.15, 0.2) is 42.5 Å². The lowest BCUT2D eigenvalue weighted by atomic mass is 9.77. The molecule has 4 rings (SSSR count). The van der Waals surface area contributed by atoms with Crippen LogP contribution in [0.25, 0.3) is 0 Å². The van der Waals surface area contributed by atoms with E-state index in [9.17, 15) is 4.79 Å². The lowest BCUT2D eigenvalue weighted by Gasteiger charge is -2.39. The Labute approximate surface area is 180 Å². The van der Waals surface area contributed by atoms with E-state index in [4.69, 9.17) is 39.5 Å². The molecular weight excluding hydrogens is 417 g/mol. The minimum absolute atomic E-state index is 0.189. The average molecular weight is 439 g/mol. The molecule has 1 unspecified atom stereocenters. The van der Waals surface area contributed by atoms with Gasteiger partial charge in [0.15, 0.2) is 0 Å². The van der Waals surface area contributed by atoms with E-state index in [1.165, 1.54) is 0 Å². The third-order valence-corrected chi connectivity index (χ3v) is 6.56. The van der Waals surface area contributed by atoms with E-state index in [0.717, 1.165) is 36.8 Å². The first-order chi connectivity index (χ1) is 13.5. The van der Waals surface area contributed by atoms with Gasteiger partial charge in [0.25, 0.3) is 0 Å². The van der Waals surface area contributed by atoms with Crippen LogP contribution in [0.4, 0.5) is 0 Å². The van der Waals surface area contributed by atoms with Gasteiger partial charge in [0.2, 0.25) is 5.91 Å². The number of hydrogen-bond acceptors (Lipinski definition) is 2. The number of ether oxygens (including phenoxy) is 1. The molecule has 0 aromatic heterocycles. The summed E-state index contributed by atoms with van der Waals surface area (Å²) in [6.07, 6.45) is 3.65. The fourth-order valence-corrected chi connectivity index (χ4v) is 5.14. The zero-order valence-electron chi connectivity index (χ0n) is 15.5. The van der Waals surface area contributed by atoms with Crippen LogP contribution in [-0.4, -0.2) is 30.5 Å². The maximum atomic E-state index is 13.7. The highest BCUT2D eigenvalue weighted by atomic mass is 35.5. The Morgan fingerprint density at radius 3 is 2.25 bits per heavy atom. The van der Waals surface area contributed by atoms with Crippen molar-refractivity contribution >= 4 is 40.7 Å². The summed E-state index contributed by atoms with van der Waals surface area (Å²) in [5.41, 5.74) is 1.51. The number of nitrogens with zero attached hydrogens (tertiary/aromatic N) is 1. The molecule has 1 aliphatic carbocycles. The Hall–Kier alpha value is -1.26. The Bertz CT molecular complexity index is 842. The Balaban J connectivity index is 1.60. The first-order valence-corrected chi connectivity index (χ1v) is 10.7. The average Bonchev–Trinajstić information content (AvgIpc) is 3.18. The molecule has 0 N–H and O–H groups in total. The SMILES string of the molecule is O=C(N1CCOC(c2cc(Cl)cc(Cl)c2)C1)C1(c2ccc(Cl)cc2)CCCC1. The molecule has 1 heterocycles. The summed E-state index contributed by atoms with van der Waals surface area (Å²) in [5, 5.41) is 1.83. The monoisotopic (exact) mass is 437 g/mol. The first kappa shape index (κ1) is 20.0. The van der Waals surface area contributed by atoms with Crippen molar-refractivity contribution in [2.45, 2.75) is 37.2 Å². The molecule has 1 saturated carbocycles. The fraction of sp³-hybridized carbons (Fsp3) is 0.409. The quantitative estimate of drug-likeness (QED) is 0.583. The predicted octanol–water partition coefficient (Wildman–Crippen LogP) is 6.06. The summed E-state index contributed by atoms with van der Waals surface area (Å²) in [6, 6.07) is 13.2.